The number of H-pyrrole nitrogens is 2. The van der Waals surface area contributed by atoms with Crippen molar-refractivity contribution < 1.29 is 14.3 Å². The van der Waals surface area contributed by atoms with Gasteiger partial charge in [0.2, 0.25) is 6.79 Å². The minimum absolute atomic E-state index is 0.0117. The number of fused-ring (bicyclic) bond motifs is 2. The van der Waals surface area contributed by atoms with Gasteiger partial charge in [0, 0.05) is 23.6 Å². The lowest BCUT2D eigenvalue weighted by Crippen LogP contribution is -2.36. The Hall–Kier alpha value is -3.29. The van der Waals surface area contributed by atoms with Crippen molar-refractivity contribution in [2.45, 2.75) is 25.2 Å². The van der Waals surface area contributed by atoms with Crippen molar-refractivity contribution in [2.24, 2.45) is 0 Å². The van der Waals surface area contributed by atoms with Crippen LogP contribution in [0.4, 0.5) is 5.82 Å². The number of aromatic nitrogens is 2. The average molecular weight is 353 g/mol. The Labute approximate surface area is 146 Å². The van der Waals surface area contributed by atoms with Crippen molar-refractivity contribution in [3.05, 3.63) is 61.4 Å². The summed E-state index contributed by atoms with van der Waals surface area (Å²) < 4.78 is 10.8. The van der Waals surface area contributed by atoms with Gasteiger partial charge in [-0.2, -0.15) is 0 Å². The third-order valence-electron chi connectivity index (χ3n) is 5.02. The summed E-state index contributed by atoms with van der Waals surface area (Å²) in [7, 11) is 0. The van der Waals surface area contributed by atoms with E-state index in [-0.39, 0.29) is 12.6 Å². The van der Waals surface area contributed by atoms with Gasteiger partial charge < -0.3 is 14.8 Å². The van der Waals surface area contributed by atoms with Gasteiger partial charge in [-0.15, -0.1) is 0 Å². The molecule has 8 nitrogen and oxygen atoms in total. The summed E-state index contributed by atoms with van der Waals surface area (Å²) in [6.45, 7) is 0.141. The molecule has 0 spiro atoms. The molecular weight excluding hydrogens is 338 g/mol. The molecule has 5 rings (SSSR count). The predicted molar refractivity (Wildman–Crippen MR) is 91.6 cm³/mol. The van der Waals surface area contributed by atoms with Crippen LogP contribution in [0.3, 0.4) is 0 Å². The van der Waals surface area contributed by atoms with Crippen molar-refractivity contribution >= 4 is 11.6 Å². The minimum Gasteiger partial charge on any atom is -0.454 e. The van der Waals surface area contributed by atoms with Crippen LogP contribution in [0.25, 0.3) is 0 Å². The van der Waals surface area contributed by atoms with Gasteiger partial charge in [0.15, 0.2) is 17.3 Å². The normalized spacial score (nSPS) is 20.5. The molecule has 132 valence electrons. The van der Waals surface area contributed by atoms with Gasteiger partial charge >= 0.3 is 5.69 Å². The summed E-state index contributed by atoms with van der Waals surface area (Å²) >= 11 is 0. The minimum atomic E-state index is -0.586. The van der Waals surface area contributed by atoms with E-state index in [1.54, 1.807) is 12.1 Å². The van der Waals surface area contributed by atoms with Gasteiger partial charge in [-0.05, 0) is 30.5 Å². The number of Topliss-reactive ketones (excluding diaryl/α,β-unsaturated/α-hetero) is 1. The maximum atomic E-state index is 12.7. The predicted octanol–water partition coefficient (Wildman–Crippen LogP) is 1.36. The fourth-order valence-electron chi connectivity index (χ4n) is 3.92. The van der Waals surface area contributed by atoms with Gasteiger partial charge in [-0.3, -0.25) is 19.6 Å². The number of carbonyl (C=O) groups is 1. The Kier molecular flexibility index (Phi) is 3.09. The number of aromatic amines is 2. The summed E-state index contributed by atoms with van der Waals surface area (Å²) in [6, 6.07) is 5.39. The molecule has 2 aliphatic heterocycles. The number of benzene rings is 1. The molecule has 3 aliphatic rings. The summed E-state index contributed by atoms with van der Waals surface area (Å²) in [5.74, 6) is 0.994. The van der Waals surface area contributed by atoms with Crippen molar-refractivity contribution in [2.75, 3.05) is 12.1 Å². The number of rotatable bonds is 1. The first-order chi connectivity index (χ1) is 12.6. The maximum Gasteiger partial charge on any atom is 0.327 e. The molecule has 8 heteroatoms. The molecule has 2 aromatic rings. The van der Waals surface area contributed by atoms with Crippen LogP contribution in [0.1, 0.15) is 36.3 Å². The number of ether oxygens (including phenoxy) is 2. The quantitative estimate of drug-likeness (QED) is 0.713. The van der Waals surface area contributed by atoms with E-state index in [4.69, 9.17) is 9.47 Å². The van der Waals surface area contributed by atoms with Crippen LogP contribution in [0.15, 0.2) is 39.1 Å². The maximum absolute atomic E-state index is 12.7. The molecule has 0 saturated heterocycles. The molecule has 0 fully saturated rings. The van der Waals surface area contributed by atoms with Crippen molar-refractivity contribution in [3.8, 4) is 11.5 Å². The Balaban J connectivity index is 1.78. The van der Waals surface area contributed by atoms with E-state index in [0.29, 0.717) is 41.3 Å². The zero-order valence-corrected chi connectivity index (χ0v) is 13.7. The van der Waals surface area contributed by atoms with Crippen molar-refractivity contribution in [1.29, 1.82) is 0 Å². The first-order valence-corrected chi connectivity index (χ1v) is 8.41. The number of nitrogens with one attached hydrogen (secondary N) is 3. The van der Waals surface area contributed by atoms with Crippen LogP contribution in [0.2, 0.25) is 0 Å². The second-order valence-electron chi connectivity index (χ2n) is 6.54. The number of hydrogen-bond donors (Lipinski definition) is 3. The van der Waals surface area contributed by atoms with E-state index in [9.17, 15) is 14.4 Å². The van der Waals surface area contributed by atoms with Crippen LogP contribution in [0, 0.1) is 0 Å². The smallest absolute Gasteiger partial charge is 0.327 e. The molecule has 3 heterocycles. The number of ketones is 1. The molecule has 0 radical (unpaired) electrons. The summed E-state index contributed by atoms with van der Waals surface area (Å²) in [5, 5.41) is 3.09. The monoisotopic (exact) mass is 353 g/mol. The fourth-order valence-corrected chi connectivity index (χ4v) is 3.92. The molecule has 1 aromatic carbocycles. The average Bonchev–Trinajstić information content (AvgIpc) is 3.07. The van der Waals surface area contributed by atoms with Crippen molar-refractivity contribution in [1.82, 2.24) is 9.97 Å². The number of allylic oxidation sites excluding steroid dienone is 2. The number of anilines is 1. The second kappa shape index (κ2) is 5.35. The Morgan fingerprint density at radius 3 is 2.73 bits per heavy atom. The molecule has 1 atom stereocenters. The van der Waals surface area contributed by atoms with E-state index in [1.165, 1.54) is 0 Å². The lowest BCUT2D eigenvalue weighted by atomic mass is 9.76. The highest BCUT2D eigenvalue weighted by atomic mass is 16.7. The molecule has 1 aliphatic carbocycles. The standard InChI is InChI=1S/C18H15N3O5/c22-10-3-1-2-9-14(10)13(8-4-5-11-12(6-8)26-7-25-11)15-16(19-9)20-18(24)21-17(15)23/h4-6,13H,1-3,7H2,(H3,19,20,21,23,24). The molecule has 1 aromatic heterocycles. The highest BCUT2D eigenvalue weighted by molar-refractivity contribution is 6.00. The van der Waals surface area contributed by atoms with Gasteiger partial charge in [-0.1, -0.05) is 6.07 Å². The molecule has 0 saturated carbocycles. The number of hydrogen-bond acceptors (Lipinski definition) is 6. The summed E-state index contributed by atoms with van der Waals surface area (Å²) in [4.78, 5) is 41.9. The Morgan fingerprint density at radius 1 is 1.00 bits per heavy atom. The lowest BCUT2D eigenvalue weighted by Gasteiger charge is -2.32. The van der Waals surface area contributed by atoms with Crippen LogP contribution >= 0.6 is 0 Å². The zero-order chi connectivity index (χ0) is 17.8. The molecule has 0 bridgehead atoms. The van der Waals surface area contributed by atoms with Crippen LogP contribution in [-0.2, 0) is 4.79 Å². The zero-order valence-electron chi connectivity index (χ0n) is 13.7. The van der Waals surface area contributed by atoms with E-state index in [2.05, 4.69) is 15.3 Å². The van der Waals surface area contributed by atoms with E-state index in [1.807, 2.05) is 6.07 Å². The second-order valence-corrected chi connectivity index (χ2v) is 6.54. The van der Waals surface area contributed by atoms with Gasteiger partial charge in [0.05, 0.1) is 5.56 Å². The largest absolute Gasteiger partial charge is 0.454 e. The Morgan fingerprint density at radius 2 is 1.85 bits per heavy atom. The van der Waals surface area contributed by atoms with E-state index in [0.717, 1.165) is 17.7 Å². The fraction of sp³-hybridized carbons (Fsp3) is 0.278. The van der Waals surface area contributed by atoms with Crippen LogP contribution < -0.4 is 26.0 Å². The van der Waals surface area contributed by atoms with Gasteiger partial charge in [-0.25, -0.2) is 4.79 Å². The van der Waals surface area contributed by atoms with E-state index >= 15 is 0 Å². The van der Waals surface area contributed by atoms with E-state index < -0.39 is 17.2 Å². The van der Waals surface area contributed by atoms with Gasteiger partial charge in [0.25, 0.3) is 5.56 Å². The third-order valence-corrected chi connectivity index (χ3v) is 5.02. The number of carbonyl (C=O) groups excluding carboxylic acids is 1. The highest BCUT2D eigenvalue weighted by Gasteiger charge is 2.38. The molecule has 26 heavy (non-hydrogen) atoms. The highest BCUT2D eigenvalue weighted by Crippen LogP contribution is 2.45. The molecule has 1 unspecified atom stereocenters. The molecule has 3 N–H and O–H groups in total. The molecule has 0 amide bonds. The lowest BCUT2D eigenvalue weighted by molar-refractivity contribution is -0.116. The van der Waals surface area contributed by atoms with Crippen LogP contribution in [0.5, 0.6) is 11.5 Å². The topological polar surface area (TPSA) is 113 Å². The third kappa shape index (κ3) is 2.11. The SMILES string of the molecule is O=C1CCCC2=C1C(c1ccc3c(c1)OCO3)c1c([nH]c(=O)[nH]c1=O)N2. The first kappa shape index (κ1) is 15.0. The first-order valence-electron chi connectivity index (χ1n) is 8.41. The molecular formula is C18H15N3O5. The van der Waals surface area contributed by atoms with Gasteiger partial charge in [0.1, 0.15) is 5.82 Å². The summed E-state index contributed by atoms with van der Waals surface area (Å²) in [5.41, 5.74) is 1.33. The Bertz CT molecular complexity index is 1090. The van der Waals surface area contributed by atoms with Crippen molar-refractivity contribution in [3.63, 3.8) is 0 Å². The van der Waals surface area contributed by atoms with Crippen LogP contribution in [-0.4, -0.2) is 22.5 Å². The summed E-state index contributed by atoms with van der Waals surface area (Å²) in [6.07, 6.45) is 1.87.